The minimum absolute atomic E-state index is 0.205. The van der Waals surface area contributed by atoms with Gasteiger partial charge in [-0.15, -0.1) is 11.3 Å². The molecule has 0 spiro atoms. The lowest BCUT2D eigenvalue weighted by Crippen LogP contribution is -2.42. The summed E-state index contributed by atoms with van der Waals surface area (Å²) < 4.78 is 28.4. The molecule has 30 heavy (non-hydrogen) atoms. The van der Waals surface area contributed by atoms with Gasteiger partial charge < -0.3 is 5.32 Å². The second-order valence-corrected chi connectivity index (χ2v) is 11.1. The highest BCUT2D eigenvalue weighted by atomic mass is 35.5. The number of hydrogen-bond donors (Lipinski definition) is 1. The Morgan fingerprint density at radius 3 is 2.47 bits per heavy atom. The number of piperidine rings is 1. The number of carbonyl (C=O) groups is 1. The number of amides is 1. The number of thiazole rings is 1. The molecule has 1 amide bonds. The average Bonchev–Trinajstić information content (AvgIpc) is 3.20. The zero-order chi connectivity index (χ0) is 21.5. The van der Waals surface area contributed by atoms with Gasteiger partial charge in [-0.1, -0.05) is 25.4 Å². The molecule has 1 N–H and O–H groups in total. The minimum Gasteiger partial charge on any atom is -0.321 e. The second-order valence-electron chi connectivity index (χ2n) is 7.87. The number of anilines is 1. The number of nitrogens with zero attached hydrogens (tertiary/aromatic N) is 2. The van der Waals surface area contributed by atoms with Crippen LogP contribution in [-0.2, 0) is 10.0 Å². The van der Waals surface area contributed by atoms with Crippen molar-refractivity contribution in [3.63, 3.8) is 0 Å². The summed E-state index contributed by atoms with van der Waals surface area (Å²) in [6.07, 6.45) is 1.03. The minimum atomic E-state index is -3.57. The Morgan fingerprint density at radius 2 is 1.80 bits per heavy atom. The van der Waals surface area contributed by atoms with Crippen molar-refractivity contribution in [1.29, 1.82) is 0 Å². The maximum absolute atomic E-state index is 13.0. The molecule has 2 unspecified atom stereocenters. The number of rotatable bonds is 4. The molecule has 1 fully saturated rings. The lowest BCUT2D eigenvalue weighted by Gasteiger charge is -2.34. The number of hydrogen-bond acceptors (Lipinski definition) is 5. The molecule has 1 aliphatic heterocycles. The average molecular weight is 464 g/mol. The van der Waals surface area contributed by atoms with Gasteiger partial charge in [0.25, 0.3) is 5.91 Å². The zero-order valence-corrected chi connectivity index (χ0v) is 19.0. The number of benzene rings is 2. The first-order chi connectivity index (χ1) is 14.3. The van der Waals surface area contributed by atoms with Crippen LogP contribution in [0, 0.1) is 11.8 Å². The fraction of sp³-hybridized carbons (Fsp3) is 0.333. The third-order valence-corrected chi connectivity index (χ3v) is 8.28. The highest BCUT2D eigenvalue weighted by molar-refractivity contribution is 7.89. The molecule has 1 saturated heterocycles. The predicted octanol–water partition coefficient (Wildman–Crippen LogP) is 4.87. The molecule has 1 aromatic heterocycles. The molecule has 0 radical (unpaired) electrons. The predicted molar refractivity (Wildman–Crippen MR) is 121 cm³/mol. The van der Waals surface area contributed by atoms with E-state index in [1.165, 1.54) is 23.5 Å². The third kappa shape index (κ3) is 4.09. The lowest BCUT2D eigenvalue weighted by atomic mass is 9.94. The number of aromatic nitrogens is 1. The molecule has 0 bridgehead atoms. The van der Waals surface area contributed by atoms with Gasteiger partial charge in [-0.25, -0.2) is 13.4 Å². The molecule has 0 aliphatic carbocycles. The van der Waals surface area contributed by atoms with Gasteiger partial charge in [0.05, 0.1) is 25.8 Å². The van der Waals surface area contributed by atoms with Gasteiger partial charge in [-0.2, -0.15) is 4.31 Å². The largest absolute Gasteiger partial charge is 0.321 e. The molecule has 158 valence electrons. The lowest BCUT2D eigenvalue weighted by molar-refractivity contribution is 0.102. The van der Waals surface area contributed by atoms with Crippen LogP contribution in [0.5, 0.6) is 0 Å². The summed E-state index contributed by atoms with van der Waals surface area (Å²) in [6.45, 7) is 5.19. The van der Waals surface area contributed by atoms with E-state index in [1.807, 2.05) is 0 Å². The number of carbonyl (C=O) groups excluding carboxylic acids is 1. The van der Waals surface area contributed by atoms with E-state index in [0.29, 0.717) is 46.7 Å². The van der Waals surface area contributed by atoms with Crippen LogP contribution in [0.1, 0.15) is 30.6 Å². The molecule has 2 aromatic carbocycles. The van der Waals surface area contributed by atoms with Crippen molar-refractivity contribution in [2.45, 2.75) is 25.2 Å². The second kappa shape index (κ2) is 8.26. The molecule has 9 heteroatoms. The SMILES string of the molecule is CC1CC(C)CN(S(=O)(=O)c2ccc(C(=O)Nc3ccc(Cl)c4ncsc34)cc2)C1. The van der Waals surface area contributed by atoms with Crippen molar-refractivity contribution in [2.75, 3.05) is 18.4 Å². The maximum Gasteiger partial charge on any atom is 0.255 e. The summed E-state index contributed by atoms with van der Waals surface area (Å²) in [4.78, 5) is 17.1. The van der Waals surface area contributed by atoms with Crippen molar-refractivity contribution in [3.8, 4) is 0 Å². The molecule has 1 aliphatic rings. The smallest absolute Gasteiger partial charge is 0.255 e. The Bertz CT molecular complexity index is 1180. The van der Waals surface area contributed by atoms with Gasteiger partial charge in [0.1, 0.15) is 5.52 Å². The van der Waals surface area contributed by atoms with Gasteiger partial charge in [-0.05, 0) is 54.7 Å². The van der Waals surface area contributed by atoms with E-state index in [2.05, 4.69) is 24.1 Å². The van der Waals surface area contributed by atoms with Crippen molar-refractivity contribution in [1.82, 2.24) is 9.29 Å². The fourth-order valence-electron chi connectivity index (χ4n) is 3.94. The molecule has 2 heterocycles. The number of nitrogens with one attached hydrogen (secondary N) is 1. The van der Waals surface area contributed by atoms with E-state index in [0.717, 1.165) is 11.1 Å². The summed E-state index contributed by atoms with van der Waals surface area (Å²) >= 11 is 7.53. The molecule has 4 rings (SSSR count). The highest BCUT2D eigenvalue weighted by Crippen LogP contribution is 2.32. The summed E-state index contributed by atoms with van der Waals surface area (Å²) in [5, 5.41) is 3.39. The summed E-state index contributed by atoms with van der Waals surface area (Å²) in [5.41, 5.74) is 3.32. The van der Waals surface area contributed by atoms with Crippen LogP contribution in [0.2, 0.25) is 5.02 Å². The third-order valence-electron chi connectivity index (χ3n) is 5.27. The molecule has 0 saturated carbocycles. The molecular formula is C21H22ClN3O3S2. The van der Waals surface area contributed by atoms with E-state index in [9.17, 15) is 13.2 Å². The number of halogens is 1. The summed E-state index contributed by atoms with van der Waals surface area (Å²) in [6, 6.07) is 9.50. The first-order valence-electron chi connectivity index (χ1n) is 9.69. The van der Waals surface area contributed by atoms with E-state index >= 15 is 0 Å². The van der Waals surface area contributed by atoms with Crippen molar-refractivity contribution >= 4 is 54.8 Å². The Kier molecular flexibility index (Phi) is 5.85. The Morgan fingerprint density at radius 1 is 1.13 bits per heavy atom. The zero-order valence-electron chi connectivity index (χ0n) is 16.6. The highest BCUT2D eigenvalue weighted by Gasteiger charge is 2.31. The monoisotopic (exact) mass is 463 g/mol. The molecule has 3 aromatic rings. The summed E-state index contributed by atoms with van der Waals surface area (Å²) in [5.74, 6) is 0.337. The van der Waals surface area contributed by atoms with Crippen LogP contribution in [0.4, 0.5) is 5.69 Å². The van der Waals surface area contributed by atoms with Crippen LogP contribution in [0.15, 0.2) is 46.8 Å². The van der Waals surface area contributed by atoms with Crippen molar-refractivity contribution < 1.29 is 13.2 Å². The maximum atomic E-state index is 13.0. The Hall–Kier alpha value is -2.00. The fourth-order valence-corrected chi connectivity index (χ4v) is 6.67. The topological polar surface area (TPSA) is 79.4 Å². The summed E-state index contributed by atoms with van der Waals surface area (Å²) in [7, 11) is -3.57. The van der Waals surface area contributed by atoms with Gasteiger partial charge in [0, 0.05) is 18.7 Å². The van der Waals surface area contributed by atoms with Crippen LogP contribution in [0.25, 0.3) is 10.2 Å². The first kappa shape index (κ1) is 21.2. The van der Waals surface area contributed by atoms with Crippen molar-refractivity contribution in [3.05, 3.63) is 52.5 Å². The Balaban J connectivity index is 1.53. The van der Waals surface area contributed by atoms with Gasteiger partial charge >= 0.3 is 0 Å². The van der Waals surface area contributed by atoms with E-state index in [4.69, 9.17) is 11.6 Å². The normalized spacial score (nSPS) is 20.4. The van der Waals surface area contributed by atoms with Gasteiger partial charge in [0.2, 0.25) is 10.0 Å². The number of fused-ring (bicyclic) bond motifs is 1. The molecular weight excluding hydrogens is 442 g/mol. The van der Waals surface area contributed by atoms with E-state index in [1.54, 1.807) is 34.1 Å². The van der Waals surface area contributed by atoms with E-state index < -0.39 is 10.0 Å². The quantitative estimate of drug-likeness (QED) is 0.598. The standard InChI is InChI=1S/C21H22ClN3O3S2/c1-13-9-14(2)11-25(10-13)30(27,28)16-5-3-15(4-6-16)21(26)24-18-8-7-17(22)19-20(18)29-12-23-19/h3-8,12-14H,9-11H2,1-2H3,(H,24,26). The van der Waals surface area contributed by atoms with Crippen LogP contribution < -0.4 is 5.32 Å². The first-order valence-corrected chi connectivity index (χ1v) is 12.4. The van der Waals surface area contributed by atoms with Crippen LogP contribution in [-0.4, -0.2) is 36.7 Å². The van der Waals surface area contributed by atoms with Gasteiger partial charge in [-0.3, -0.25) is 4.79 Å². The van der Waals surface area contributed by atoms with Crippen LogP contribution in [0.3, 0.4) is 0 Å². The van der Waals surface area contributed by atoms with Crippen molar-refractivity contribution in [2.24, 2.45) is 11.8 Å². The van der Waals surface area contributed by atoms with Gasteiger partial charge in [0.15, 0.2) is 0 Å². The van der Waals surface area contributed by atoms with E-state index in [-0.39, 0.29) is 10.8 Å². The number of sulfonamides is 1. The Labute approximate surface area is 184 Å². The van der Waals surface area contributed by atoms with Crippen LogP contribution >= 0.6 is 22.9 Å². The molecule has 2 atom stereocenters. The molecule has 6 nitrogen and oxygen atoms in total.